The highest BCUT2D eigenvalue weighted by atomic mass is 16.5. The SMILES string of the molecule is CCCOC(C)=O.COC. The molecule has 0 unspecified atom stereocenters. The van der Waals surface area contributed by atoms with Gasteiger partial charge < -0.3 is 9.47 Å². The Labute approximate surface area is 62.3 Å². The first-order valence-electron chi connectivity index (χ1n) is 3.22. The summed E-state index contributed by atoms with van der Waals surface area (Å²) in [6.45, 7) is 3.92. The van der Waals surface area contributed by atoms with E-state index in [-0.39, 0.29) is 5.97 Å². The summed E-state index contributed by atoms with van der Waals surface area (Å²) < 4.78 is 8.80. The van der Waals surface area contributed by atoms with Gasteiger partial charge in [0.2, 0.25) is 0 Å². The van der Waals surface area contributed by atoms with Crippen LogP contribution in [0, 0.1) is 0 Å². The third-order valence-electron chi connectivity index (χ3n) is 0.509. The highest BCUT2D eigenvalue weighted by Crippen LogP contribution is 1.78. The molecule has 62 valence electrons. The number of hydrogen-bond donors (Lipinski definition) is 0. The third-order valence-corrected chi connectivity index (χ3v) is 0.509. The van der Waals surface area contributed by atoms with Gasteiger partial charge in [0, 0.05) is 21.1 Å². The average molecular weight is 148 g/mol. The zero-order valence-corrected chi connectivity index (χ0v) is 7.14. The zero-order valence-electron chi connectivity index (χ0n) is 7.14. The summed E-state index contributed by atoms with van der Waals surface area (Å²) in [6, 6.07) is 0. The van der Waals surface area contributed by atoms with E-state index in [0.29, 0.717) is 6.61 Å². The number of rotatable bonds is 2. The van der Waals surface area contributed by atoms with Gasteiger partial charge in [0.05, 0.1) is 6.61 Å². The molecule has 0 atom stereocenters. The molecule has 0 fully saturated rings. The lowest BCUT2D eigenvalue weighted by Gasteiger charge is -1.93. The minimum Gasteiger partial charge on any atom is -0.466 e. The maximum atomic E-state index is 9.98. The van der Waals surface area contributed by atoms with E-state index in [4.69, 9.17) is 0 Å². The van der Waals surface area contributed by atoms with Crippen molar-refractivity contribution >= 4 is 5.97 Å². The topological polar surface area (TPSA) is 35.5 Å². The minimum atomic E-state index is -0.193. The molecule has 0 aliphatic carbocycles. The lowest BCUT2D eigenvalue weighted by Crippen LogP contribution is -1.98. The Balaban J connectivity index is 0. The molecule has 3 heteroatoms. The first-order valence-corrected chi connectivity index (χ1v) is 3.22. The number of carbonyl (C=O) groups is 1. The Morgan fingerprint density at radius 1 is 1.40 bits per heavy atom. The van der Waals surface area contributed by atoms with Gasteiger partial charge in [-0.25, -0.2) is 0 Å². The Kier molecular flexibility index (Phi) is 13.7. The van der Waals surface area contributed by atoms with Gasteiger partial charge in [-0.1, -0.05) is 6.92 Å². The molecule has 0 aromatic rings. The quantitative estimate of drug-likeness (QED) is 0.552. The van der Waals surface area contributed by atoms with Gasteiger partial charge in [-0.15, -0.1) is 0 Å². The van der Waals surface area contributed by atoms with Gasteiger partial charge in [0.15, 0.2) is 0 Å². The number of ether oxygens (including phenoxy) is 2. The predicted octanol–water partition coefficient (Wildman–Crippen LogP) is 1.22. The Bertz CT molecular complexity index is 71.3. The van der Waals surface area contributed by atoms with E-state index in [1.165, 1.54) is 6.92 Å². The molecule has 10 heavy (non-hydrogen) atoms. The molecule has 0 radical (unpaired) electrons. The van der Waals surface area contributed by atoms with E-state index in [1.54, 1.807) is 14.2 Å². The second-order valence-electron chi connectivity index (χ2n) is 1.75. The average Bonchev–Trinajstić information content (AvgIpc) is 1.85. The highest BCUT2D eigenvalue weighted by molar-refractivity contribution is 5.65. The summed E-state index contributed by atoms with van der Waals surface area (Å²) in [7, 11) is 3.25. The summed E-state index contributed by atoms with van der Waals surface area (Å²) in [6.07, 6.45) is 0.902. The minimum absolute atomic E-state index is 0.193. The fraction of sp³-hybridized carbons (Fsp3) is 0.857. The van der Waals surface area contributed by atoms with Gasteiger partial charge in [0.1, 0.15) is 0 Å². The first-order chi connectivity index (χ1) is 4.68. The van der Waals surface area contributed by atoms with Gasteiger partial charge in [-0.3, -0.25) is 4.79 Å². The van der Waals surface area contributed by atoms with Crippen LogP contribution < -0.4 is 0 Å². The largest absolute Gasteiger partial charge is 0.466 e. The second-order valence-corrected chi connectivity index (χ2v) is 1.75. The highest BCUT2D eigenvalue weighted by Gasteiger charge is 1.85. The van der Waals surface area contributed by atoms with Crippen LogP contribution in [-0.2, 0) is 14.3 Å². The van der Waals surface area contributed by atoms with E-state index >= 15 is 0 Å². The van der Waals surface area contributed by atoms with Crippen molar-refractivity contribution in [2.45, 2.75) is 20.3 Å². The van der Waals surface area contributed by atoms with Crippen molar-refractivity contribution in [3.63, 3.8) is 0 Å². The molecule has 0 spiro atoms. The molecule has 0 saturated heterocycles. The van der Waals surface area contributed by atoms with E-state index in [1.807, 2.05) is 6.92 Å². The molecule has 0 N–H and O–H groups in total. The van der Waals surface area contributed by atoms with Crippen molar-refractivity contribution in [2.75, 3.05) is 20.8 Å². The van der Waals surface area contributed by atoms with E-state index in [2.05, 4.69) is 9.47 Å². The molecule has 0 aliphatic heterocycles. The molecule has 0 heterocycles. The summed E-state index contributed by atoms with van der Waals surface area (Å²) in [5.74, 6) is -0.193. The number of esters is 1. The Morgan fingerprint density at radius 3 is 1.90 bits per heavy atom. The number of carbonyl (C=O) groups excluding carboxylic acids is 1. The molecule has 0 aromatic carbocycles. The third kappa shape index (κ3) is 26.1. The van der Waals surface area contributed by atoms with Gasteiger partial charge >= 0.3 is 5.97 Å². The standard InChI is InChI=1S/C5H10O2.C2H6O/c1-3-4-7-5(2)6;1-3-2/h3-4H2,1-2H3;1-2H3. The Hall–Kier alpha value is -0.570. The summed E-state index contributed by atoms with van der Waals surface area (Å²) in [5.41, 5.74) is 0. The maximum Gasteiger partial charge on any atom is 0.302 e. The van der Waals surface area contributed by atoms with Gasteiger partial charge in [-0.05, 0) is 6.42 Å². The summed E-state index contributed by atoms with van der Waals surface area (Å²) in [5, 5.41) is 0. The number of hydrogen-bond acceptors (Lipinski definition) is 3. The molecular formula is C7H16O3. The van der Waals surface area contributed by atoms with Crippen molar-refractivity contribution in [1.82, 2.24) is 0 Å². The van der Waals surface area contributed by atoms with Gasteiger partial charge in [0.25, 0.3) is 0 Å². The van der Waals surface area contributed by atoms with Crippen LogP contribution in [0.3, 0.4) is 0 Å². The molecule has 0 saturated carbocycles. The normalized spacial score (nSPS) is 7.60. The molecule has 0 bridgehead atoms. The predicted molar refractivity (Wildman–Crippen MR) is 39.9 cm³/mol. The van der Waals surface area contributed by atoms with E-state index in [0.717, 1.165) is 6.42 Å². The van der Waals surface area contributed by atoms with Crippen molar-refractivity contribution in [3.05, 3.63) is 0 Å². The van der Waals surface area contributed by atoms with Crippen LogP contribution in [0.2, 0.25) is 0 Å². The van der Waals surface area contributed by atoms with Crippen LogP contribution in [0.4, 0.5) is 0 Å². The fourth-order valence-electron chi connectivity index (χ4n) is 0.246. The van der Waals surface area contributed by atoms with E-state index < -0.39 is 0 Å². The van der Waals surface area contributed by atoms with E-state index in [9.17, 15) is 4.79 Å². The Morgan fingerprint density at radius 2 is 1.80 bits per heavy atom. The maximum absolute atomic E-state index is 9.98. The van der Waals surface area contributed by atoms with Crippen LogP contribution in [0.25, 0.3) is 0 Å². The molecule has 3 nitrogen and oxygen atoms in total. The zero-order chi connectivity index (χ0) is 8.41. The van der Waals surface area contributed by atoms with Crippen LogP contribution in [-0.4, -0.2) is 26.8 Å². The number of methoxy groups -OCH3 is 1. The molecule has 0 rings (SSSR count). The van der Waals surface area contributed by atoms with Crippen molar-refractivity contribution in [1.29, 1.82) is 0 Å². The van der Waals surface area contributed by atoms with Crippen molar-refractivity contribution in [3.8, 4) is 0 Å². The summed E-state index contributed by atoms with van der Waals surface area (Å²) >= 11 is 0. The molecule has 0 aliphatic rings. The lowest BCUT2D eigenvalue weighted by molar-refractivity contribution is -0.140. The van der Waals surface area contributed by atoms with Crippen LogP contribution in [0.1, 0.15) is 20.3 Å². The second kappa shape index (κ2) is 11.3. The lowest BCUT2D eigenvalue weighted by atomic mass is 10.5. The molecule has 0 amide bonds. The fourth-order valence-corrected chi connectivity index (χ4v) is 0.246. The monoisotopic (exact) mass is 148 g/mol. The summed E-state index contributed by atoms with van der Waals surface area (Å²) in [4.78, 5) is 9.98. The molecule has 0 aromatic heterocycles. The van der Waals surface area contributed by atoms with Crippen LogP contribution >= 0.6 is 0 Å². The van der Waals surface area contributed by atoms with Crippen molar-refractivity contribution < 1.29 is 14.3 Å². The first kappa shape index (κ1) is 12.1. The molecular weight excluding hydrogens is 132 g/mol. The van der Waals surface area contributed by atoms with Crippen LogP contribution in [0.5, 0.6) is 0 Å². The van der Waals surface area contributed by atoms with Crippen molar-refractivity contribution in [2.24, 2.45) is 0 Å². The van der Waals surface area contributed by atoms with Crippen LogP contribution in [0.15, 0.2) is 0 Å². The smallest absolute Gasteiger partial charge is 0.302 e. The van der Waals surface area contributed by atoms with Gasteiger partial charge in [-0.2, -0.15) is 0 Å².